The molecule has 2 aromatic carbocycles. The molecule has 1 N–H and O–H groups in total. The van der Waals surface area contributed by atoms with Crippen LogP contribution in [0.15, 0.2) is 60.0 Å². The van der Waals surface area contributed by atoms with Gasteiger partial charge < -0.3 is 9.47 Å². The van der Waals surface area contributed by atoms with Crippen molar-refractivity contribution in [1.29, 1.82) is 0 Å². The number of esters is 1. The van der Waals surface area contributed by atoms with Crippen LogP contribution in [0.1, 0.15) is 16.1 Å². The van der Waals surface area contributed by atoms with Gasteiger partial charge in [-0.05, 0) is 24.3 Å². The minimum atomic E-state index is -0.706. The Morgan fingerprint density at radius 3 is 2.45 bits per heavy atom. The highest BCUT2D eigenvalue weighted by molar-refractivity contribution is 7.13. The number of nitrogens with one attached hydrogen (secondary N) is 1. The number of aromatic nitrogens is 1. The van der Waals surface area contributed by atoms with Gasteiger partial charge in [-0.15, -0.1) is 11.3 Å². The molecule has 0 aliphatic carbocycles. The molecule has 8 heteroatoms. The van der Waals surface area contributed by atoms with Crippen molar-refractivity contribution in [2.24, 2.45) is 0 Å². The molecule has 1 heterocycles. The minimum absolute atomic E-state index is 0.0525. The van der Waals surface area contributed by atoms with Crippen LogP contribution in [0.3, 0.4) is 0 Å². The SMILES string of the molecule is COc1ccc(C(=O)NC(=O)COC(=O)Cc2csc(-c3ccccc3)n2)cc1. The number of ether oxygens (including phenoxy) is 2. The van der Waals surface area contributed by atoms with Crippen LogP contribution in [0.2, 0.25) is 0 Å². The molecular weight excluding hydrogens is 392 g/mol. The van der Waals surface area contributed by atoms with Gasteiger partial charge in [0, 0.05) is 16.5 Å². The van der Waals surface area contributed by atoms with Gasteiger partial charge in [0.25, 0.3) is 11.8 Å². The fraction of sp³-hybridized carbons (Fsp3) is 0.143. The summed E-state index contributed by atoms with van der Waals surface area (Å²) in [5.74, 6) is -1.29. The minimum Gasteiger partial charge on any atom is -0.497 e. The van der Waals surface area contributed by atoms with E-state index in [-0.39, 0.29) is 6.42 Å². The lowest BCUT2D eigenvalue weighted by Gasteiger charge is -2.06. The van der Waals surface area contributed by atoms with Crippen molar-refractivity contribution in [3.63, 3.8) is 0 Å². The molecule has 7 nitrogen and oxygen atoms in total. The summed E-state index contributed by atoms with van der Waals surface area (Å²) in [6.07, 6.45) is -0.0525. The van der Waals surface area contributed by atoms with E-state index in [9.17, 15) is 14.4 Å². The lowest BCUT2D eigenvalue weighted by atomic mass is 10.2. The van der Waals surface area contributed by atoms with Crippen molar-refractivity contribution in [2.75, 3.05) is 13.7 Å². The summed E-state index contributed by atoms with van der Waals surface area (Å²) in [5, 5.41) is 4.75. The third kappa shape index (κ3) is 5.73. The van der Waals surface area contributed by atoms with E-state index in [4.69, 9.17) is 9.47 Å². The Morgan fingerprint density at radius 1 is 1.03 bits per heavy atom. The fourth-order valence-electron chi connectivity index (χ4n) is 2.42. The van der Waals surface area contributed by atoms with E-state index < -0.39 is 24.4 Å². The highest BCUT2D eigenvalue weighted by atomic mass is 32.1. The van der Waals surface area contributed by atoms with Crippen LogP contribution in [-0.2, 0) is 20.7 Å². The molecule has 0 saturated carbocycles. The van der Waals surface area contributed by atoms with Crippen LogP contribution in [0.4, 0.5) is 0 Å². The topological polar surface area (TPSA) is 94.6 Å². The standard InChI is InChI=1S/C21H18N2O5S/c1-27-17-9-7-14(8-10-17)20(26)23-18(24)12-28-19(25)11-16-13-29-21(22-16)15-5-3-2-4-6-15/h2-10,13H,11-12H2,1H3,(H,23,24,26). The highest BCUT2D eigenvalue weighted by Crippen LogP contribution is 2.23. The number of nitrogens with zero attached hydrogens (tertiary/aromatic N) is 1. The molecule has 1 aromatic heterocycles. The van der Waals surface area contributed by atoms with Crippen molar-refractivity contribution in [1.82, 2.24) is 10.3 Å². The fourth-order valence-corrected chi connectivity index (χ4v) is 3.25. The average molecular weight is 410 g/mol. The van der Waals surface area contributed by atoms with Crippen molar-refractivity contribution in [2.45, 2.75) is 6.42 Å². The molecule has 3 aromatic rings. The number of rotatable bonds is 7. The maximum atomic E-state index is 12.0. The second kappa shape index (κ2) is 9.61. The molecule has 0 aliphatic heterocycles. The normalized spacial score (nSPS) is 10.2. The Labute approximate surface area is 171 Å². The van der Waals surface area contributed by atoms with Crippen LogP contribution in [0, 0.1) is 0 Å². The van der Waals surface area contributed by atoms with Gasteiger partial charge in [-0.3, -0.25) is 19.7 Å². The highest BCUT2D eigenvalue weighted by Gasteiger charge is 2.14. The summed E-state index contributed by atoms with van der Waals surface area (Å²) in [5.41, 5.74) is 1.82. The summed E-state index contributed by atoms with van der Waals surface area (Å²) in [6, 6.07) is 15.9. The number of methoxy groups -OCH3 is 1. The zero-order valence-corrected chi connectivity index (χ0v) is 16.4. The van der Waals surface area contributed by atoms with E-state index in [0.29, 0.717) is 17.0 Å². The van der Waals surface area contributed by atoms with E-state index >= 15 is 0 Å². The lowest BCUT2D eigenvalue weighted by Crippen LogP contribution is -2.34. The van der Waals surface area contributed by atoms with E-state index in [2.05, 4.69) is 10.3 Å². The monoisotopic (exact) mass is 410 g/mol. The molecule has 0 radical (unpaired) electrons. The van der Waals surface area contributed by atoms with Gasteiger partial charge in [0.05, 0.1) is 19.2 Å². The molecule has 0 fully saturated rings. The molecule has 0 atom stereocenters. The smallest absolute Gasteiger partial charge is 0.312 e. The third-order valence-electron chi connectivity index (χ3n) is 3.87. The van der Waals surface area contributed by atoms with Gasteiger partial charge in [0.2, 0.25) is 0 Å². The van der Waals surface area contributed by atoms with Gasteiger partial charge in [-0.2, -0.15) is 0 Å². The third-order valence-corrected chi connectivity index (χ3v) is 4.81. The predicted octanol–water partition coefficient (Wildman–Crippen LogP) is 2.86. The molecule has 0 aliphatic rings. The first-order chi connectivity index (χ1) is 14.0. The van der Waals surface area contributed by atoms with E-state index in [1.54, 1.807) is 17.5 Å². The van der Waals surface area contributed by atoms with Gasteiger partial charge >= 0.3 is 5.97 Å². The number of carbonyl (C=O) groups excluding carboxylic acids is 3. The summed E-state index contributed by atoms with van der Waals surface area (Å²) < 4.78 is 9.95. The van der Waals surface area contributed by atoms with Crippen LogP contribution >= 0.6 is 11.3 Å². The first kappa shape index (κ1) is 20.2. The molecule has 0 spiro atoms. The largest absolute Gasteiger partial charge is 0.497 e. The van der Waals surface area contributed by atoms with Crippen LogP contribution in [-0.4, -0.2) is 36.5 Å². The second-order valence-electron chi connectivity index (χ2n) is 5.95. The molecule has 29 heavy (non-hydrogen) atoms. The first-order valence-electron chi connectivity index (χ1n) is 8.69. The molecule has 2 amide bonds. The number of hydrogen-bond acceptors (Lipinski definition) is 7. The summed E-state index contributed by atoms with van der Waals surface area (Å²) in [7, 11) is 1.51. The number of carbonyl (C=O) groups is 3. The molecule has 0 bridgehead atoms. The molecule has 148 valence electrons. The molecular formula is C21H18N2O5S. The quantitative estimate of drug-likeness (QED) is 0.602. The average Bonchev–Trinajstić information content (AvgIpc) is 3.21. The predicted molar refractivity (Wildman–Crippen MR) is 108 cm³/mol. The van der Waals surface area contributed by atoms with Crippen molar-refractivity contribution < 1.29 is 23.9 Å². The number of benzene rings is 2. The first-order valence-corrected chi connectivity index (χ1v) is 9.57. The Balaban J connectivity index is 1.46. The van der Waals surface area contributed by atoms with Gasteiger partial charge in [0.15, 0.2) is 6.61 Å². The number of hydrogen-bond donors (Lipinski definition) is 1. The van der Waals surface area contributed by atoms with Crippen LogP contribution in [0.25, 0.3) is 10.6 Å². The number of thiazole rings is 1. The molecule has 0 saturated heterocycles. The molecule has 3 rings (SSSR count). The maximum absolute atomic E-state index is 12.0. The zero-order chi connectivity index (χ0) is 20.6. The Morgan fingerprint density at radius 2 is 1.76 bits per heavy atom. The Bertz CT molecular complexity index is 999. The van der Waals surface area contributed by atoms with Gasteiger partial charge in [-0.1, -0.05) is 30.3 Å². The Hall–Kier alpha value is -3.52. The van der Waals surface area contributed by atoms with Crippen molar-refractivity contribution >= 4 is 29.1 Å². The second-order valence-corrected chi connectivity index (χ2v) is 6.81. The van der Waals surface area contributed by atoms with E-state index in [0.717, 1.165) is 10.6 Å². The molecule has 0 unspecified atom stereocenters. The van der Waals surface area contributed by atoms with E-state index in [1.165, 1.54) is 30.6 Å². The number of imide groups is 1. The van der Waals surface area contributed by atoms with Crippen molar-refractivity contribution in [3.05, 3.63) is 71.2 Å². The summed E-state index contributed by atoms with van der Waals surface area (Å²) >= 11 is 1.43. The van der Waals surface area contributed by atoms with Gasteiger partial charge in [0.1, 0.15) is 10.8 Å². The maximum Gasteiger partial charge on any atom is 0.312 e. The summed E-state index contributed by atoms with van der Waals surface area (Å²) in [4.78, 5) is 40.2. The number of amides is 2. The zero-order valence-electron chi connectivity index (χ0n) is 15.6. The van der Waals surface area contributed by atoms with Gasteiger partial charge in [-0.25, -0.2) is 4.98 Å². The van der Waals surface area contributed by atoms with Crippen LogP contribution < -0.4 is 10.1 Å². The van der Waals surface area contributed by atoms with E-state index in [1.807, 2.05) is 30.3 Å². The van der Waals surface area contributed by atoms with Crippen molar-refractivity contribution in [3.8, 4) is 16.3 Å². The lowest BCUT2D eigenvalue weighted by molar-refractivity contribution is -0.147. The van der Waals surface area contributed by atoms with Crippen LogP contribution in [0.5, 0.6) is 5.75 Å². The Kier molecular flexibility index (Phi) is 6.70. The summed E-state index contributed by atoms with van der Waals surface area (Å²) in [6.45, 7) is -0.545.